The van der Waals surface area contributed by atoms with Gasteiger partial charge in [-0.25, -0.2) is 0 Å². The smallest absolute Gasteiger partial charge is 0.227 e. The average molecular weight is 287 g/mol. The molecule has 3 heteroatoms. The number of nitrogens with zero attached hydrogens (tertiary/aromatic N) is 1. The van der Waals surface area contributed by atoms with Crippen LogP contribution in [0, 0.1) is 0 Å². The fraction of sp³-hybridized carbons (Fsp3) is 0.556. The predicted molar refractivity (Wildman–Crippen MR) is 85.9 cm³/mol. The number of Topliss-reactive ketones (excluding diaryl/α,β-unsaturated/α-hetero) is 1. The summed E-state index contributed by atoms with van der Waals surface area (Å²) in [7, 11) is 1.80. The lowest BCUT2D eigenvalue weighted by molar-refractivity contribution is -0.118. The number of hydrogen-bond acceptors (Lipinski definition) is 2. The van der Waals surface area contributed by atoms with E-state index in [4.69, 9.17) is 0 Å². The van der Waals surface area contributed by atoms with Crippen molar-refractivity contribution in [2.45, 2.75) is 58.3 Å². The van der Waals surface area contributed by atoms with Gasteiger partial charge >= 0.3 is 0 Å². The van der Waals surface area contributed by atoms with Crippen molar-refractivity contribution in [3.05, 3.63) is 29.3 Å². The molecule has 21 heavy (non-hydrogen) atoms. The lowest BCUT2D eigenvalue weighted by Gasteiger charge is -2.26. The fourth-order valence-electron chi connectivity index (χ4n) is 2.86. The third-order valence-electron chi connectivity index (χ3n) is 4.25. The second-order valence-corrected chi connectivity index (χ2v) is 5.88. The van der Waals surface area contributed by atoms with Crippen molar-refractivity contribution in [1.29, 1.82) is 0 Å². The molecule has 1 aromatic rings. The van der Waals surface area contributed by atoms with Gasteiger partial charge in [0.2, 0.25) is 5.91 Å². The first-order valence-corrected chi connectivity index (χ1v) is 8.06. The lowest BCUT2D eigenvalue weighted by Crippen LogP contribution is -2.31. The molecule has 0 unspecified atom stereocenters. The van der Waals surface area contributed by atoms with Gasteiger partial charge in [0.25, 0.3) is 0 Å². The van der Waals surface area contributed by atoms with E-state index in [0.717, 1.165) is 36.1 Å². The molecule has 2 rings (SSSR count). The molecular formula is C18H25NO2. The number of carbonyl (C=O) groups is 2. The molecular weight excluding hydrogens is 262 g/mol. The van der Waals surface area contributed by atoms with Crippen LogP contribution in [0.1, 0.15) is 67.8 Å². The summed E-state index contributed by atoms with van der Waals surface area (Å²) in [4.78, 5) is 25.6. The Labute approximate surface area is 127 Å². The summed E-state index contributed by atoms with van der Waals surface area (Å²) in [6.45, 7) is 2.19. The summed E-state index contributed by atoms with van der Waals surface area (Å²) >= 11 is 0. The SMILES string of the molecule is CCCCCCCC(=O)c1ccc2c(c1)CCC(=O)N2C. The van der Waals surface area contributed by atoms with E-state index in [-0.39, 0.29) is 11.7 Å². The molecule has 1 aromatic carbocycles. The van der Waals surface area contributed by atoms with Crippen LogP contribution in [0.2, 0.25) is 0 Å². The first-order chi connectivity index (χ1) is 10.1. The first kappa shape index (κ1) is 15.7. The minimum atomic E-state index is 0.150. The van der Waals surface area contributed by atoms with Crippen LogP contribution in [0.4, 0.5) is 5.69 Å². The van der Waals surface area contributed by atoms with Crippen LogP contribution in [0.5, 0.6) is 0 Å². The highest BCUT2D eigenvalue weighted by Gasteiger charge is 2.21. The van der Waals surface area contributed by atoms with Crippen LogP contribution in [0.25, 0.3) is 0 Å². The maximum atomic E-state index is 12.2. The Morgan fingerprint density at radius 2 is 1.90 bits per heavy atom. The van der Waals surface area contributed by atoms with E-state index >= 15 is 0 Å². The van der Waals surface area contributed by atoms with Crippen molar-refractivity contribution >= 4 is 17.4 Å². The van der Waals surface area contributed by atoms with Gasteiger partial charge in [0.05, 0.1) is 0 Å². The number of aryl methyl sites for hydroxylation is 1. The van der Waals surface area contributed by atoms with Gasteiger partial charge in [-0.2, -0.15) is 0 Å². The van der Waals surface area contributed by atoms with Crippen LogP contribution in [-0.4, -0.2) is 18.7 Å². The van der Waals surface area contributed by atoms with Gasteiger partial charge in [-0.1, -0.05) is 32.6 Å². The molecule has 3 nitrogen and oxygen atoms in total. The zero-order chi connectivity index (χ0) is 15.2. The number of anilines is 1. The molecule has 1 aliphatic rings. The Morgan fingerprint density at radius 3 is 2.67 bits per heavy atom. The zero-order valence-electron chi connectivity index (χ0n) is 13.2. The van der Waals surface area contributed by atoms with E-state index in [1.807, 2.05) is 18.2 Å². The second kappa shape index (κ2) is 7.39. The quantitative estimate of drug-likeness (QED) is 0.558. The van der Waals surface area contributed by atoms with Crippen molar-refractivity contribution in [2.24, 2.45) is 0 Å². The van der Waals surface area contributed by atoms with Gasteiger partial charge in [-0.15, -0.1) is 0 Å². The summed E-state index contributed by atoms with van der Waals surface area (Å²) in [6.07, 6.45) is 7.75. The van der Waals surface area contributed by atoms with Gasteiger partial charge in [-0.3, -0.25) is 9.59 Å². The summed E-state index contributed by atoms with van der Waals surface area (Å²) in [5.41, 5.74) is 2.87. The minimum absolute atomic E-state index is 0.150. The Morgan fingerprint density at radius 1 is 1.14 bits per heavy atom. The minimum Gasteiger partial charge on any atom is -0.315 e. The lowest BCUT2D eigenvalue weighted by atomic mass is 9.96. The van der Waals surface area contributed by atoms with Crippen molar-refractivity contribution in [3.63, 3.8) is 0 Å². The molecule has 1 amide bonds. The third-order valence-corrected chi connectivity index (χ3v) is 4.25. The molecule has 0 aromatic heterocycles. The number of fused-ring (bicyclic) bond motifs is 1. The molecule has 1 aliphatic heterocycles. The second-order valence-electron chi connectivity index (χ2n) is 5.88. The molecule has 0 N–H and O–H groups in total. The zero-order valence-corrected chi connectivity index (χ0v) is 13.2. The monoisotopic (exact) mass is 287 g/mol. The number of rotatable bonds is 7. The maximum Gasteiger partial charge on any atom is 0.227 e. The highest BCUT2D eigenvalue weighted by Crippen LogP contribution is 2.28. The normalized spacial score (nSPS) is 14.2. The van der Waals surface area contributed by atoms with Crippen molar-refractivity contribution in [3.8, 4) is 0 Å². The van der Waals surface area contributed by atoms with Crippen molar-refractivity contribution < 1.29 is 9.59 Å². The van der Waals surface area contributed by atoms with E-state index in [2.05, 4.69) is 6.92 Å². The van der Waals surface area contributed by atoms with Gasteiger partial charge in [0.1, 0.15) is 0 Å². The molecule has 0 atom stereocenters. The van der Waals surface area contributed by atoms with Gasteiger partial charge in [0, 0.05) is 31.1 Å². The Kier molecular flexibility index (Phi) is 5.54. The molecule has 0 spiro atoms. The van der Waals surface area contributed by atoms with Gasteiger partial charge in [-0.05, 0) is 36.6 Å². The molecule has 0 radical (unpaired) electrons. The van der Waals surface area contributed by atoms with Gasteiger partial charge in [0.15, 0.2) is 5.78 Å². The number of hydrogen-bond donors (Lipinski definition) is 0. The fourth-order valence-corrected chi connectivity index (χ4v) is 2.86. The Bertz CT molecular complexity index is 522. The highest BCUT2D eigenvalue weighted by molar-refractivity contribution is 5.99. The molecule has 0 bridgehead atoms. The Balaban J connectivity index is 1.95. The van der Waals surface area contributed by atoms with Crippen LogP contribution in [0.3, 0.4) is 0 Å². The standard InChI is InChI=1S/C18H25NO2/c1-3-4-5-6-7-8-17(20)15-9-11-16-14(13-15)10-12-18(21)19(16)2/h9,11,13H,3-8,10,12H2,1-2H3. The molecule has 114 valence electrons. The number of carbonyl (C=O) groups excluding carboxylic acids is 2. The number of amides is 1. The first-order valence-electron chi connectivity index (χ1n) is 8.06. The van der Waals surface area contributed by atoms with Crippen LogP contribution >= 0.6 is 0 Å². The third kappa shape index (κ3) is 3.93. The van der Waals surface area contributed by atoms with E-state index < -0.39 is 0 Å². The van der Waals surface area contributed by atoms with E-state index in [0.29, 0.717) is 12.8 Å². The average Bonchev–Trinajstić information content (AvgIpc) is 2.50. The topological polar surface area (TPSA) is 37.4 Å². The molecule has 0 fully saturated rings. The summed E-state index contributed by atoms with van der Waals surface area (Å²) in [5, 5.41) is 0. The summed E-state index contributed by atoms with van der Waals surface area (Å²) in [5.74, 6) is 0.381. The van der Waals surface area contributed by atoms with Crippen LogP contribution < -0.4 is 4.90 Å². The summed E-state index contributed by atoms with van der Waals surface area (Å²) in [6, 6.07) is 5.76. The van der Waals surface area contributed by atoms with E-state index in [9.17, 15) is 9.59 Å². The molecule has 0 saturated heterocycles. The molecule has 1 heterocycles. The van der Waals surface area contributed by atoms with Crippen molar-refractivity contribution in [2.75, 3.05) is 11.9 Å². The Hall–Kier alpha value is -1.64. The van der Waals surface area contributed by atoms with Crippen molar-refractivity contribution in [1.82, 2.24) is 0 Å². The van der Waals surface area contributed by atoms with Gasteiger partial charge < -0.3 is 4.90 Å². The van der Waals surface area contributed by atoms with Crippen LogP contribution in [0.15, 0.2) is 18.2 Å². The number of unbranched alkanes of at least 4 members (excludes halogenated alkanes) is 4. The maximum absolute atomic E-state index is 12.2. The number of ketones is 1. The highest BCUT2D eigenvalue weighted by atomic mass is 16.2. The predicted octanol–water partition coefficient (Wildman–Crippen LogP) is 4.14. The summed E-state index contributed by atoms with van der Waals surface area (Å²) < 4.78 is 0. The van der Waals surface area contributed by atoms with Crippen LogP contribution in [-0.2, 0) is 11.2 Å². The largest absolute Gasteiger partial charge is 0.315 e. The molecule has 0 saturated carbocycles. The van der Waals surface area contributed by atoms with E-state index in [1.54, 1.807) is 11.9 Å². The van der Waals surface area contributed by atoms with E-state index in [1.165, 1.54) is 19.3 Å². The number of benzene rings is 1. The molecule has 0 aliphatic carbocycles.